The van der Waals surface area contributed by atoms with Crippen LogP contribution in [0.1, 0.15) is 71.1 Å². The molecule has 2 N–H and O–H groups in total. The number of thioether (sulfide) groups is 1. The molecule has 1 aliphatic rings. The molecule has 2 unspecified atom stereocenters. The summed E-state index contributed by atoms with van der Waals surface area (Å²) in [5, 5.41) is 19.9. The van der Waals surface area contributed by atoms with Crippen molar-refractivity contribution < 1.29 is 24.5 Å². The van der Waals surface area contributed by atoms with Crippen molar-refractivity contribution in [3.63, 3.8) is 0 Å². The molecule has 0 aromatic rings. The Morgan fingerprint density at radius 2 is 1.64 bits per heavy atom. The molecule has 1 aliphatic heterocycles. The van der Waals surface area contributed by atoms with Crippen molar-refractivity contribution in [2.45, 2.75) is 83.3 Å². The van der Waals surface area contributed by atoms with Crippen molar-refractivity contribution in [3.8, 4) is 0 Å². The largest absolute Gasteiger partial charge is 0.505 e. The summed E-state index contributed by atoms with van der Waals surface area (Å²) >= 11 is 1.62. The molecule has 0 fully saturated rings. The zero-order chi connectivity index (χ0) is 18.5. The molecule has 6 heteroatoms. The molecule has 0 saturated carbocycles. The van der Waals surface area contributed by atoms with Gasteiger partial charge in [-0.1, -0.05) is 64.7 Å². The van der Waals surface area contributed by atoms with Gasteiger partial charge in [0.05, 0.1) is 7.11 Å². The highest BCUT2D eigenvalue weighted by Gasteiger charge is 2.39. The second-order valence-corrected chi connectivity index (χ2v) is 7.72. The first kappa shape index (κ1) is 22.2. The van der Waals surface area contributed by atoms with Crippen LogP contribution >= 0.6 is 11.8 Å². The minimum Gasteiger partial charge on any atom is -0.505 e. The van der Waals surface area contributed by atoms with E-state index in [1.165, 1.54) is 64.9 Å². The summed E-state index contributed by atoms with van der Waals surface area (Å²) in [7, 11) is 1.29. The predicted octanol–water partition coefficient (Wildman–Crippen LogP) is 4.34. The van der Waals surface area contributed by atoms with Gasteiger partial charge in [0, 0.05) is 5.75 Å². The van der Waals surface area contributed by atoms with Crippen molar-refractivity contribution in [3.05, 3.63) is 11.5 Å². The number of carbonyl (C=O) groups is 1. The Bertz CT molecular complexity index is 411. The zero-order valence-corrected chi connectivity index (χ0v) is 16.5. The van der Waals surface area contributed by atoms with E-state index in [-0.39, 0.29) is 11.5 Å². The quantitative estimate of drug-likeness (QED) is 0.328. The molecular formula is C19H34O5S. The Balaban J connectivity index is 1.98. The number of hydrogen-bond acceptors (Lipinski definition) is 6. The molecule has 0 amide bonds. The second-order valence-electron chi connectivity index (χ2n) is 6.57. The van der Waals surface area contributed by atoms with Gasteiger partial charge in [-0.25, -0.2) is 4.79 Å². The molecule has 146 valence electrons. The first-order chi connectivity index (χ1) is 12.1. The fraction of sp³-hybridized carbons (Fsp3) is 0.842. The minimum atomic E-state index is -0.998. The van der Waals surface area contributed by atoms with Gasteiger partial charge in [-0.15, -0.1) is 0 Å². The van der Waals surface area contributed by atoms with Crippen LogP contribution in [0.25, 0.3) is 0 Å². The number of ether oxygens (including phenoxy) is 2. The van der Waals surface area contributed by atoms with Crippen LogP contribution in [0.2, 0.25) is 0 Å². The van der Waals surface area contributed by atoms with Gasteiger partial charge >= 0.3 is 5.97 Å². The molecule has 1 heterocycles. The van der Waals surface area contributed by atoms with Crippen molar-refractivity contribution in [2.75, 3.05) is 18.6 Å². The number of aliphatic hydroxyl groups excluding tert-OH is 2. The molecule has 0 bridgehead atoms. The number of rotatable bonds is 15. The predicted molar refractivity (Wildman–Crippen MR) is 102 cm³/mol. The third-order valence-corrected chi connectivity index (χ3v) is 5.56. The maximum Gasteiger partial charge on any atom is 0.378 e. The molecule has 0 aromatic heterocycles. The lowest BCUT2D eigenvalue weighted by atomic mass is 10.1. The topological polar surface area (TPSA) is 76.0 Å². The third kappa shape index (κ3) is 8.36. The molecule has 5 nitrogen and oxygen atoms in total. The summed E-state index contributed by atoms with van der Waals surface area (Å²) in [6.45, 7) is 2.24. The van der Waals surface area contributed by atoms with Crippen LogP contribution in [0.15, 0.2) is 11.5 Å². The van der Waals surface area contributed by atoms with Crippen LogP contribution in [0.5, 0.6) is 0 Å². The number of cyclic esters (lactones) is 1. The van der Waals surface area contributed by atoms with Gasteiger partial charge in [0.25, 0.3) is 0 Å². The Labute approximate surface area is 156 Å². The van der Waals surface area contributed by atoms with E-state index in [9.17, 15) is 15.0 Å². The third-order valence-electron chi connectivity index (χ3n) is 4.41. The van der Waals surface area contributed by atoms with Gasteiger partial charge in [0.15, 0.2) is 11.9 Å². The molecule has 25 heavy (non-hydrogen) atoms. The highest BCUT2D eigenvalue weighted by Crippen LogP contribution is 2.25. The van der Waals surface area contributed by atoms with Gasteiger partial charge in [0.2, 0.25) is 5.76 Å². The maximum atomic E-state index is 11.4. The maximum absolute atomic E-state index is 11.4. The molecule has 0 radical (unpaired) electrons. The van der Waals surface area contributed by atoms with Gasteiger partial charge in [-0.3, -0.25) is 0 Å². The summed E-state index contributed by atoms with van der Waals surface area (Å²) < 4.78 is 9.72. The lowest BCUT2D eigenvalue weighted by Gasteiger charge is -2.16. The second kappa shape index (κ2) is 13.3. The summed E-state index contributed by atoms with van der Waals surface area (Å²) in [5.41, 5.74) is 0. The monoisotopic (exact) mass is 374 g/mol. The number of methoxy groups -OCH3 is 1. The van der Waals surface area contributed by atoms with Gasteiger partial charge < -0.3 is 19.7 Å². The first-order valence-electron chi connectivity index (χ1n) is 9.55. The summed E-state index contributed by atoms with van der Waals surface area (Å²) in [6, 6.07) is 0. The molecule has 0 aromatic carbocycles. The number of unbranched alkanes of at least 4 members (excludes halogenated alkanes) is 9. The van der Waals surface area contributed by atoms with E-state index in [1.807, 2.05) is 0 Å². The van der Waals surface area contributed by atoms with Crippen LogP contribution in [0, 0.1) is 0 Å². The number of hydrogen-bond donors (Lipinski definition) is 2. The Hall–Kier alpha value is -0.880. The zero-order valence-electron chi connectivity index (χ0n) is 15.7. The average molecular weight is 375 g/mol. The summed E-state index contributed by atoms with van der Waals surface area (Å²) in [4.78, 5) is 11.4. The lowest BCUT2D eigenvalue weighted by molar-refractivity contribution is -0.146. The molecule has 0 saturated heterocycles. The van der Waals surface area contributed by atoms with E-state index in [1.54, 1.807) is 11.8 Å². The van der Waals surface area contributed by atoms with Crippen molar-refractivity contribution in [1.82, 2.24) is 0 Å². The highest BCUT2D eigenvalue weighted by atomic mass is 32.2. The molecular weight excluding hydrogens is 340 g/mol. The molecule has 0 aliphatic carbocycles. The number of carbonyl (C=O) groups excluding carboxylic acids is 1. The van der Waals surface area contributed by atoms with Gasteiger partial charge in [0.1, 0.15) is 6.10 Å². The number of aliphatic hydroxyl groups is 2. The van der Waals surface area contributed by atoms with Gasteiger partial charge in [-0.2, -0.15) is 11.8 Å². The smallest absolute Gasteiger partial charge is 0.378 e. The van der Waals surface area contributed by atoms with E-state index < -0.39 is 18.2 Å². The number of esters is 1. The van der Waals surface area contributed by atoms with Crippen LogP contribution in [0.3, 0.4) is 0 Å². The lowest BCUT2D eigenvalue weighted by Crippen LogP contribution is -2.30. The van der Waals surface area contributed by atoms with Crippen molar-refractivity contribution in [1.29, 1.82) is 0 Å². The van der Waals surface area contributed by atoms with Crippen molar-refractivity contribution in [2.24, 2.45) is 0 Å². The van der Waals surface area contributed by atoms with Gasteiger partial charge in [-0.05, 0) is 12.2 Å². The van der Waals surface area contributed by atoms with E-state index in [0.717, 1.165) is 12.2 Å². The standard InChI is InChI=1S/C19H34O5S/c1-3-4-5-6-7-8-9-10-11-12-13-25-14-15(20)17-16(21)18(23-2)19(22)24-17/h15,17,20-21H,3-14H2,1-2H3. The van der Waals surface area contributed by atoms with Crippen LogP contribution in [-0.4, -0.2) is 47.0 Å². The Kier molecular flexibility index (Phi) is 11.8. The minimum absolute atomic E-state index is 0.205. The van der Waals surface area contributed by atoms with E-state index in [2.05, 4.69) is 6.92 Å². The van der Waals surface area contributed by atoms with E-state index in [0.29, 0.717) is 5.75 Å². The Morgan fingerprint density at radius 1 is 1.08 bits per heavy atom. The molecule has 2 atom stereocenters. The van der Waals surface area contributed by atoms with Crippen molar-refractivity contribution >= 4 is 17.7 Å². The molecule has 0 spiro atoms. The fourth-order valence-corrected chi connectivity index (χ4v) is 3.88. The van der Waals surface area contributed by atoms with Crippen LogP contribution in [-0.2, 0) is 14.3 Å². The first-order valence-corrected chi connectivity index (χ1v) is 10.7. The normalized spacial score (nSPS) is 18.5. The fourth-order valence-electron chi connectivity index (χ4n) is 2.89. The highest BCUT2D eigenvalue weighted by molar-refractivity contribution is 7.99. The van der Waals surface area contributed by atoms with Crippen LogP contribution in [0.4, 0.5) is 0 Å². The van der Waals surface area contributed by atoms with Crippen LogP contribution < -0.4 is 0 Å². The molecule has 1 rings (SSSR count). The SMILES string of the molecule is CCCCCCCCCCCCSCC(O)C1OC(=O)C(OC)=C1O. The average Bonchev–Trinajstić information content (AvgIpc) is 2.89. The van der Waals surface area contributed by atoms with E-state index in [4.69, 9.17) is 9.47 Å². The Morgan fingerprint density at radius 3 is 2.16 bits per heavy atom. The summed E-state index contributed by atoms with van der Waals surface area (Å²) in [5.74, 6) is 0.165. The summed E-state index contributed by atoms with van der Waals surface area (Å²) in [6.07, 6.45) is 11.2. The van der Waals surface area contributed by atoms with E-state index >= 15 is 0 Å².